The van der Waals surface area contributed by atoms with E-state index >= 15 is 0 Å². The van der Waals surface area contributed by atoms with Crippen LogP contribution >= 0.6 is 0 Å². The fourth-order valence-corrected chi connectivity index (χ4v) is 2.88. The molecule has 6 heteroatoms. The summed E-state index contributed by atoms with van der Waals surface area (Å²) in [6.45, 7) is 4.78. The maximum atomic E-state index is 12.0. The molecule has 6 nitrogen and oxygen atoms in total. The first-order valence-corrected chi connectivity index (χ1v) is 10.2. The third-order valence-electron chi connectivity index (χ3n) is 4.30. The Balaban J connectivity index is 1.50. The lowest BCUT2D eigenvalue weighted by atomic mass is 10.1. The molecule has 3 rings (SSSR count). The van der Waals surface area contributed by atoms with Crippen LogP contribution in [0.5, 0.6) is 17.2 Å². The van der Waals surface area contributed by atoms with Crippen molar-refractivity contribution in [2.45, 2.75) is 13.8 Å². The topological polar surface area (TPSA) is 69.2 Å². The third-order valence-corrected chi connectivity index (χ3v) is 4.30. The summed E-state index contributed by atoms with van der Waals surface area (Å²) in [6, 6.07) is 23.1. The van der Waals surface area contributed by atoms with Crippen LogP contribution in [0.1, 0.15) is 19.4 Å². The van der Waals surface area contributed by atoms with Gasteiger partial charge in [-0.2, -0.15) is 5.10 Å². The van der Waals surface area contributed by atoms with Gasteiger partial charge in [0.2, 0.25) is 0 Å². The van der Waals surface area contributed by atoms with E-state index < -0.39 is 0 Å². The fraction of sp³-hybridized carbons (Fsp3) is 0.200. The Bertz CT molecular complexity index is 1000. The van der Waals surface area contributed by atoms with Gasteiger partial charge in [0.05, 0.1) is 19.4 Å². The number of carbonyl (C=O) groups excluding carboxylic acids is 1. The Morgan fingerprint density at radius 3 is 2.23 bits per heavy atom. The number of hydrogen-bond acceptors (Lipinski definition) is 5. The number of nitrogens with one attached hydrogen (secondary N) is 1. The van der Waals surface area contributed by atoms with E-state index in [2.05, 4.69) is 10.5 Å². The summed E-state index contributed by atoms with van der Waals surface area (Å²) in [4.78, 5) is 12.0. The zero-order valence-corrected chi connectivity index (χ0v) is 17.7. The summed E-state index contributed by atoms with van der Waals surface area (Å²) in [6.07, 6.45) is 1.55. The maximum absolute atomic E-state index is 12.0. The molecule has 0 fully saturated rings. The minimum absolute atomic E-state index is 0.129. The van der Waals surface area contributed by atoms with Crippen LogP contribution in [0.25, 0.3) is 11.1 Å². The number of ether oxygens (including phenoxy) is 3. The molecular weight excluding hydrogens is 392 g/mol. The van der Waals surface area contributed by atoms with Gasteiger partial charge >= 0.3 is 0 Å². The SMILES string of the molecule is CCOc1ccc(/C=N\NC(=O)COc2ccc(-c3ccccc3)cc2)cc1OCC. The fourth-order valence-electron chi connectivity index (χ4n) is 2.88. The van der Waals surface area contributed by atoms with Crippen LogP contribution in [0.3, 0.4) is 0 Å². The highest BCUT2D eigenvalue weighted by Crippen LogP contribution is 2.28. The third kappa shape index (κ3) is 6.60. The van der Waals surface area contributed by atoms with E-state index in [4.69, 9.17) is 14.2 Å². The molecule has 1 amide bonds. The van der Waals surface area contributed by atoms with Crippen molar-refractivity contribution in [3.63, 3.8) is 0 Å². The van der Waals surface area contributed by atoms with Crippen molar-refractivity contribution in [3.8, 4) is 28.4 Å². The minimum Gasteiger partial charge on any atom is -0.490 e. The second-order valence-electron chi connectivity index (χ2n) is 6.54. The number of benzene rings is 3. The van der Waals surface area contributed by atoms with Crippen molar-refractivity contribution >= 4 is 12.1 Å². The molecule has 0 spiro atoms. The first kappa shape index (κ1) is 21.9. The van der Waals surface area contributed by atoms with Crippen LogP contribution in [0.2, 0.25) is 0 Å². The predicted octanol–water partition coefficient (Wildman–Crippen LogP) is 4.68. The number of hydrazone groups is 1. The molecule has 160 valence electrons. The zero-order valence-electron chi connectivity index (χ0n) is 17.7. The van der Waals surface area contributed by atoms with Gasteiger partial charge in [-0.15, -0.1) is 0 Å². The molecular formula is C25H26N2O4. The molecule has 0 bridgehead atoms. The zero-order chi connectivity index (χ0) is 21.9. The predicted molar refractivity (Wildman–Crippen MR) is 122 cm³/mol. The van der Waals surface area contributed by atoms with Gasteiger partial charge in [-0.3, -0.25) is 4.79 Å². The Kier molecular flexibility index (Phi) is 8.05. The summed E-state index contributed by atoms with van der Waals surface area (Å²) < 4.78 is 16.7. The van der Waals surface area contributed by atoms with Crippen LogP contribution in [0.4, 0.5) is 0 Å². The molecule has 1 N–H and O–H groups in total. The van der Waals surface area contributed by atoms with Gasteiger partial charge in [0.15, 0.2) is 18.1 Å². The Morgan fingerprint density at radius 2 is 1.52 bits per heavy atom. The lowest BCUT2D eigenvalue weighted by Gasteiger charge is -2.11. The second kappa shape index (κ2) is 11.4. The molecule has 0 radical (unpaired) electrons. The van der Waals surface area contributed by atoms with E-state index in [9.17, 15) is 4.79 Å². The van der Waals surface area contributed by atoms with Crippen LogP contribution < -0.4 is 19.6 Å². The van der Waals surface area contributed by atoms with Crippen molar-refractivity contribution < 1.29 is 19.0 Å². The number of carbonyl (C=O) groups is 1. The van der Waals surface area contributed by atoms with Gasteiger partial charge in [-0.25, -0.2) is 5.43 Å². The highest BCUT2D eigenvalue weighted by atomic mass is 16.5. The Hall–Kier alpha value is -3.80. The van der Waals surface area contributed by atoms with E-state index in [1.54, 1.807) is 6.21 Å². The number of rotatable bonds is 10. The van der Waals surface area contributed by atoms with Crippen LogP contribution in [0, 0.1) is 0 Å². The summed E-state index contributed by atoms with van der Waals surface area (Å²) >= 11 is 0. The van der Waals surface area contributed by atoms with Gasteiger partial charge in [0.25, 0.3) is 5.91 Å². The van der Waals surface area contributed by atoms with E-state index in [0.717, 1.165) is 16.7 Å². The summed E-state index contributed by atoms with van der Waals surface area (Å²) in [7, 11) is 0. The van der Waals surface area contributed by atoms with Gasteiger partial charge in [0, 0.05) is 0 Å². The smallest absolute Gasteiger partial charge is 0.277 e. The average Bonchev–Trinajstić information content (AvgIpc) is 2.80. The summed E-state index contributed by atoms with van der Waals surface area (Å²) in [5.74, 6) is 1.59. The first-order valence-electron chi connectivity index (χ1n) is 10.2. The van der Waals surface area contributed by atoms with Gasteiger partial charge in [-0.05, 0) is 60.9 Å². The van der Waals surface area contributed by atoms with Gasteiger partial charge in [0.1, 0.15) is 5.75 Å². The van der Waals surface area contributed by atoms with E-state index in [0.29, 0.717) is 30.5 Å². The Labute approximate surface area is 182 Å². The highest BCUT2D eigenvalue weighted by Gasteiger charge is 2.06. The van der Waals surface area contributed by atoms with Gasteiger partial charge < -0.3 is 14.2 Å². The molecule has 0 aromatic heterocycles. The standard InChI is InChI=1S/C25H26N2O4/c1-3-29-23-15-10-19(16-24(23)30-4-2)17-26-27-25(28)18-31-22-13-11-21(12-14-22)20-8-6-5-7-9-20/h5-17H,3-4,18H2,1-2H3,(H,27,28)/b26-17-. The lowest BCUT2D eigenvalue weighted by Crippen LogP contribution is -2.24. The molecule has 0 aliphatic rings. The Morgan fingerprint density at radius 1 is 0.839 bits per heavy atom. The van der Waals surface area contributed by atoms with Crippen molar-refractivity contribution in [2.75, 3.05) is 19.8 Å². The summed E-state index contributed by atoms with van der Waals surface area (Å²) in [5, 5.41) is 3.98. The first-order chi connectivity index (χ1) is 15.2. The van der Waals surface area contributed by atoms with E-state index in [1.807, 2.05) is 86.6 Å². The largest absolute Gasteiger partial charge is 0.490 e. The average molecular weight is 418 g/mol. The minimum atomic E-state index is -0.348. The van der Waals surface area contributed by atoms with Crippen molar-refractivity contribution in [2.24, 2.45) is 5.10 Å². The monoisotopic (exact) mass is 418 g/mol. The summed E-state index contributed by atoms with van der Waals surface area (Å²) in [5.41, 5.74) is 5.46. The molecule has 31 heavy (non-hydrogen) atoms. The van der Waals surface area contributed by atoms with Crippen molar-refractivity contribution in [3.05, 3.63) is 78.4 Å². The molecule has 3 aromatic rings. The molecule has 0 aliphatic heterocycles. The maximum Gasteiger partial charge on any atom is 0.277 e. The number of amides is 1. The quantitative estimate of drug-likeness (QED) is 0.383. The van der Waals surface area contributed by atoms with Crippen LogP contribution in [-0.2, 0) is 4.79 Å². The molecule has 0 unspecified atom stereocenters. The molecule has 0 saturated carbocycles. The second-order valence-corrected chi connectivity index (χ2v) is 6.54. The lowest BCUT2D eigenvalue weighted by molar-refractivity contribution is -0.123. The van der Waals surface area contributed by atoms with E-state index in [-0.39, 0.29) is 12.5 Å². The van der Waals surface area contributed by atoms with Gasteiger partial charge in [-0.1, -0.05) is 42.5 Å². The molecule has 0 atom stereocenters. The molecule has 3 aromatic carbocycles. The van der Waals surface area contributed by atoms with Crippen molar-refractivity contribution in [1.82, 2.24) is 5.43 Å². The van der Waals surface area contributed by atoms with Crippen molar-refractivity contribution in [1.29, 1.82) is 0 Å². The number of nitrogens with zero attached hydrogens (tertiary/aromatic N) is 1. The normalized spacial score (nSPS) is 10.6. The number of hydrogen-bond donors (Lipinski definition) is 1. The van der Waals surface area contributed by atoms with E-state index in [1.165, 1.54) is 0 Å². The molecule has 0 aliphatic carbocycles. The molecule has 0 heterocycles. The van der Waals surface area contributed by atoms with Crippen LogP contribution in [-0.4, -0.2) is 31.9 Å². The van der Waals surface area contributed by atoms with Crippen LogP contribution in [0.15, 0.2) is 77.9 Å². The highest BCUT2D eigenvalue weighted by molar-refractivity contribution is 5.83. The molecule has 0 saturated heterocycles.